The molecule has 4 nitrogen and oxygen atoms in total. The van der Waals surface area contributed by atoms with Gasteiger partial charge in [0.2, 0.25) is 0 Å². The maximum absolute atomic E-state index is 13.5. The predicted octanol–water partition coefficient (Wildman–Crippen LogP) is 1.78. The molecule has 88 valence electrons. The molecule has 0 atom stereocenters. The van der Waals surface area contributed by atoms with Crippen LogP contribution in [0.25, 0.3) is 5.69 Å². The Hall–Kier alpha value is -2.24. The molecule has 0 saturated carbocycles. The molecule has 2 aromatic rings. The first-order valence-electron chi connectivity index (χ1n) is 4.85. The predicted molar refractivity (Wildman–Crippen MR) is 61.4 cm³/mol. The topological polar surface area (TPSA) is 56.2 Å². The zero-order valence-electron chi connectivity index (χ0n) is 9.06. The molecule has 2 rings (SSSR count). The van der Waals surface area contributed by atoms with Crippen LogP contribution in [0.15, 0.2) is 29.4 Å². The minimum atomic E-state index is -0.722. The summed E-state index contributed by atoms with van der Waals surface area (Å²) < 4.78 is 28.1. The molecule has 0 aliphatic rings. The van der Waals surface area contributed by atoms with Crippen molar-refractivity contribution in [3.63, 3.8) is 0 Å². The molecule has 6 heteroatoms. The first-order chi connectivity index (χ1) is 8.15. The summed E-state index contributed by atoms with van der Waals surface area (Å²) >= 11 is 0. The molecule has 0 spiro atoms. The van der Waals surface area contributed by atoms with Crippen LogP contribution in [0, 0.1) is 11.6 Å². The molecule has 0 amide bonds. The van der Waals surface area contributed by atoms with E-state index in [4.69, 9.17) is 5.73 Å². The molecule has 1 aromatic heterocycles. The summed E-state index contributed by atoms with van der Waals surface area (Å²) in [7, 11) is 1.57. The van der Waals surface area contributed by atoms with E-state index in [-0.39, 0.29) is 11.5 Å². The number of hydrogen-bond acceptors (Lipinski definition) is 3. The summed E-state index contributed by atoms with van der Waals surface area (Å²) in [6.45, 7) is 0. The monoisotopic (exact) mass is 236 g/mol. The molecular weight excluding hydrogens is 226 g/mol. The molecule has 0 unspecified atom stereocenters. The van der Waals surface area contributed by atoms with E-state index in [2.05, 4.69) is 10.1 Å². The first-order valence-corrected chi connectivity index (χ1v) is 4.85. The van der Waals surface area contributed by atoms with E-state index < -0.39 is 11.6 Å². The fourth-order valence-electron chi connectivity index (χ4n) is 1.48. The number of anilines is 1. The molecule has 0 radical (unpaired) electrons. The molecular formula is C11H10F2N4. The normalized spacial score (nSPS) is 11.2. The number of rotatable bonds is 2. The average Bonchev–Trinajstić information content (AvgIpc) is 2.62. The Morgan fingerprint density at radius 1 is 1.35 bits per heavy atom. The standard InChI is InChI=1S/C11H10F2N4/c1-15-5-7-6-16-17(11(7)14)10-8(12)3-2-4-9(10)13/h2-6H,14H2,1H3. The van der Waals surface area contributed by atoms with E-state index in [1.165, 1.54) is 18.5 Å². The van der Waals surface area contributed by atoms with Crippen molar-refractivity contribution in [3.05, 3.63) is 41.6 Å². The van der Waals surface area contributed by atoms with E-state index in [0.717, 1.165) is 16.8 Å². The minimum Gasteiger partial charge on any atom is -0.383 e. The molecule has 2 N–H and O–H groups in total. The Morgan fingerprint density at radius 3 is 2.59 bits per heavy atom. The molecule has 1 heterocycles. The number of nitrogen functional groups attached to an aromatic ring is 1. The lowest BCUT2D eigenvalue weighted by Gasteiger charge is -2.06. The van der Waals surface area contributed by atoms with Crippen LogP contribution in [0.4, 0.5) is 14.6 Å². The maximum atomic E-state index is 13.5. The fourth-order valence-corrected chi connectivity index (χ4v) is 1.48. The van der Waals surface area contributed by atoms with Crippen LogP contribution in [0.1, 0.15) is 5.56 Å². The van der Waals surface area contributed by atoms with Crippen LogP contribution in [0.5, 0.6) is 0 Å². The van der Waals surface area contributed by atoms with Gasteiger partial charge in [0.25, 0.3) is 0 Å². The van der Waals surface area contributed by atoms with E-state index in [1.807, 2.05) is 0 Å². The summed E-state index contributed by atoms with van der Waals surface area (Å²) in [5.41, 5.74) is 5.95. The lowest BCUT2D eigenvalue weighted by atomic mass is 10.3. The van der Waals surface area contributed by atoms with Crippen molar-refractivity contribution in [1.29, 1.82) is 0 Å². The van der Waals surface area contributed by atoms with Gasteiger partial charge >= 0.3 is 0 Å². The van der Waals surface area contributed by atoms with Gasteiger partial charge in [-0.05, 0) is 12.1 Å². The molecule has 1 aromatic carbocycles. The summed E-state index contributed by atoms with van der Waals surface area (Å²) in [6, 6.07) is 3.57. The number of halogens is 2. The second-order valence-electron chi connectivity index (χ2n) is 3.35. The Labute approximate surface area is 96.4 Å². The highest BCUT2D eigenvalue weighted by atomic mass is 19.1. The number of aromatic nitrogens is 2. The van der Waals surface area contributed by atoms with Gasteiger partial charge in [-0.1, -0.05) is 6.07 Å². The van der Waals surface area contributed by atoms with Gasteiger partial charge in [-0.15, -0.1) is 0 Å². The second kappa shape index (κ2) is 4.32. The van der Waals surface area contributed by atoms with Crippen molar-refractivity contribution in [2.75, 3.05) is 12.8 Å². The molecule has 0 bridgehead atoms. The third kappa shape index (κ3) is 1.89. The number of benzene rings is 1. The lowest BCUT2D eigenvalue weighted by Crippen LogP contribution is -2.07. The van der Waals surface area contributed by atoms with Gasteiger partial charge < -0.3 is 5.73 Å². The average molecular weight is 236 g/mol. The number of para-hydroxylation sites is 1. The van der Waals surface area contributed by atoms with Crippen molar-refractivity contribution in [3.8, 4) is 5.69 Å². The summed E-state index contributed by atoms with van der Waals surface area (Å²) in [5, 5.41) is 3.85. The fraction of sp³-hybridized carbons (Fsp3) is 0.0909. The Kier molecular flexibility index (Phi) is 2.86. The third-order valence-electron chi connectivity index (χ3n) is 2.25. The smallest absolute Gasteiger partial charge is 0.151 e. The number of nitrogens with zero attached hydrogens (tertiary/aromatic N) is 3. The van der Waals surface area contributed by atoms with Gasteiger partial charge in [0, 0.05) is 13.3 Å². The van der Waals surface area contributed by atoms with Gasteiger partial charge in [-0.3, -0.25) is 4.99 Å². The van der Waals surface area contributed by atoms with Gasteiger partial charge in [-0.25, -0.2) is 13.5 Å². The van der Waals surface area contributed by atoms with Crippen LogP contribution in [0.2, 0.25) is 0 Å². The largest absolute Gasteiger partial charge is 0.383 e. The zero-order valence-corrected chi connectivity index (χ0v) is 9.06. The quantitative estimate of drug-likeness (QED) is 0.808. The van der Waals surface area contributed by atoms with Crippen molar-refractivity contribution < 1.29 is 8.78 Å². The highest BCUT2D eigenvalue weighted by Crippen LogP contribution is 2.21. The third-order valence-corrected chi connectivity index (χ3v) is 2.25. The van der Waals surface area contributed by atoms with Crippen molar-refractivity contribution >= 4 is 12.0 Å². The van der Waals surface area contributed by atoms with E-state index >= 15 is 0 Å². The summed E-state index contributed by atoms with van der Waals surface area (Å²) in [4.78, 5) is 3.77. The second-order valence-corrected chi connectivity index (χ2v) is 3.35. The zero-order chi connectivity index (χ0) is 12.4. The highest BCUT2D eigenvalue weighted by molar-refractivity contribution is 5.85. The molecule has 0 fully saturated rings. The molecule has 17 heavy (non-hydrogen) atoms. The van der Waals surface area contributed by atoms with E-state index in [0.29, 0.717) is 5.56 Å². The molecule has 0 saturated heterocycles. The Morgan fingerprint density at radius 2 is 2.00 bits per heavy atom. The molecule has 0 aliphatic heterocycles. The van der Waals surface area contributed by atoms with Crippen LogP contribution >= 0.6 is 0 Å². The Bertz CT molecular complexity index is 555. The lowest BCUT2D eigenvalue weighted by molar-refractivity contribution is 0.561. The summed E-state index contributed by atoms with van der Waals surface area (Å²) in [6.07, 6.45) is 2.87. The van der Waals surface area contributed by atoms with Crippen molar-refractivity contribution in [2.24, 2.45) is 4.99 Å². The van der Waals surface area contributed by atoms with Crippen LogP contribution in [-0.4, -0.2) is 23.0 Å². The van der Waals surface area contributed by atoms with Crippen LogP contribution in [-0.2, 0) is 0 Å². The van der Waals surface area contributed by atoms with Gasteiger partial charge in [0.1, 0.15) is 11.5 Å². The number of aliphatic imine (C=N–C) groups is 1. The number of hydrogen-bond donors (Lipinski definition) is 1. The summed E-state index contributed by atoms with van der Waals surface area (Å²) in [5.74, 6) is -1.31. The number of nitrogens with two attached hydrogens (primary N) is 1. The van der Waals surface area contributed by atoms with Crippen LogP contribution in [0.3, 0.4) is 0 Å². The van der Waals surface area contributed by atoms with Crippen molar-refractivity contribution in [2.45, 2.75) is 0 Å². The SMILES string of the molecule is CN=Cc1cnn(-c2c(F)cccc2F)c1N. The van der Waals surface area contributed by atoms with E-state index in [1.54, 1.807) is 7.05 Å². The Balaban J connectivity index is 2.61. The maximum Gasteiger partial charge on any atom is 0.151 e. The van der Waals surface area contributed by atoms with Gasteiger partial charge in [0.15, 0.2) is 11.6 Å². The minimum absolute atomic E-state index is 0.139. The highest BCUT2D eigenvalue weighted by Gasteiger charge is 2.15. The van der Waals surface area contributed by atoms with Gasteiger partial charge in [0.05, 0.1) is 11.8 Å². The first kappa shape index (κ1) is 11.3. The van der Waals surface area contributed by atoms with Gasteiger partial charge in [-0.2, -0.15) is 5.10 Å². The van der Waals surface area contributed by atoms with Crippen LogP contribution < -0.4 is 5.73 Å². The van der Waals surface area contributed by atoms with Crippen molar-refractivity contribution in [1.82, 2.24) is 9.78 Å². The molecule has 0 aliphatic carbocycles. The van der Waals surface area contributed by atoms with E-state index in [9.17, 15) is 8.78 Å².